The van der Waals surface area contributed by atoms with Gasteiger partial charge in [0.15, 0.2) is 5.78 Å². The number of nitrogens with zero attached hydrogens (tertiary/aromatic N) is 1. The second-order valence-corrected chi connectivity index (χ2v) is 6.01. The minimum absolute atomic E-state index is 0.0271. The Balaban J connectivity index is 1.90. The third-order valence-electron chi connectivity index (χ3n) is 4.25. The number of carboxylic acids is 1. The molecule has 0 aliphatic carbocycles. The Morgan fingerprint density at radius 1 is 1.08 bits per heavy atom. The fourth-order valence-corrected chi connectivity index (χ4v) is 2.89. The third kappa shape index (κ3) is 3.55. The number of fused-ring (bicyclic) bond motifs is 1. The number of hydrogen-bond donors (Lipinski definition) is 3. The smallest absolute Gasteiger partial charge is 0.354 e. The number of phenolic OH excluding ortho intramolecular Hbond substituents is 1. The van der Waals surface area contributed by atoms with Gasteiger partial charge in [0.2, 0.25) is 0 Å². The molecule has 6 nitrogen and oxygen atoms in total. The topological polar surface area (TPSA) is 114 Å². The van der Waals surface area contributed by atoms with Crippen molar-refractivity contribution in [3.8, 4) is 5.75 Å². The van der Waals surface area contributed by atoms with Crippen LogP contribution in [0.1, 0.15) is 45.3 Å². The van der Waals surface area contributed by atoms with Crippen molar-refractivity contribution in [2.75, 3.05) is 0 Å². The Morgan fingerprint density at radius 2 is 1.81 bits per heavy atom. The summed E-state index contributed by atoms with van der Waals surface area (Å²) in [5.41, 5.74) is 7.40. The first kappa shape index (κ1) is 17.6. The quantitative estimate of drug-likeness (QED) is 0.588. The zero-order valence-electron chi connectivity index (χ0n) is 13.9. The van der Waals surface area contributed by atoms with Crippen molar-refractivity contribution in [2.45, 2.75) is 18.9 Å². The second-order valence-electron chi connectivity index (χ2n) is 6.01. The first-order valence-electron chi connectivity index (χ1n) is 8.17. The lowest BCUT2D eigenvalue weighted by Gasteiger charge is -2.15. The molecule has 0 bridgehead atoms. The predicted molar refractivity (Wildman–Crippen MR) is 97.3 cm³/mol. The highest BCUT2D eigenvalue weighted by Crippen LogP contribution is 2.30. The van der Waals surface area contributed by atoms with Crippen molar-refractivity contribution >= 4 is 22.7 Å². The van der Waals surface area contributed by atoms with Crippen LogP contribution < -0.4 is 5.73 Å². The molecule has 1 aromatic heterocycles. The van der Waals surface area contributed by atoms with Gasteiger partial charge < -0.3 is 15.9 Å². The van der Waals surface area contributed by atoms with E-state index in [0.717, 1.165) is 0 Å². The number of nitrogens with two attached hydrogens (primary N) is 1. The number of carbonyl (C=O) groups excluding carboxylic acids is 1. The highest BCUT2D eigenvalue weighted by molar-refractivity contribution is 5.96. The number of aromatic hydroxyl groups is 1. The van der Waals surface area contributed by atoms with E-state index in [1.807, 2.05) is 6.07 Å². The van der Waals surface area contributed by atoms with Gasteiger partial charge in [0.25, 0.3) is 0 Å². The van der Waals surface area contributed by atoms with E-state index in [9.17, 15) is 19.8 Å². The van der Waals surface area contributed by atoms with Gasteiger partial charge in [-0.05, 0) is 24.1 Å². The molecular formula is C20H18N2O4. The molecule has 1 atom stereocenters. The summed E-state index contributed by atoms with van der Waals surface area (Å²) < 4.78 is 0. The number of Topliss-reactive ketones (excluding diaryl/α,β-unsaturated/α-hetero) is 1. The van der Waals surface area contributed by atoms with Crippen LogP contribution in [0, 0.1) is 0 Å². The van der Waals surface area contributed by atoms with Crippen LogP contribution in [-0.4, -0.2) is 26.9 Å². The van der Waals surface area contributed by atoms with Crippen molar-refractivity contribution in [2.24, 2.45) is 5.73 Å². The maximum Gasteiger partial charge on any atom is 0.354 e. The monoisotopic (exact) mass is 350 g/mol. The Kier molecular flexibility index (Phi) is 4.95. The van der Waals surface area contributed by atoms with E-state index in [1.165, 1.54) is 12.1 Å². The summed E-state index contributed by atoms with van der Waals surface area (Å²) in [6, 6.07) is 14.6. The van der Waals surface area contributed by atoms with Gasteiger partial charge in [0, 0.05) is 23.4 Å². The van der Waals surface area contributed by atoms with Crippen molar-refractivity contribution in [1.29, 1.82) is 0 Å². The molecule has 0 aliphatic rings. The van der Waals surface area contributed by atoms with Gasteiger partial charge >= 0.3 is 5.97 Å². The number of aromatic nitrogens is 1. The fraction of sp³-hybridized carbons (Fsp3) is 0.150. The van der Waals surface area contributed by atoms with Crippen molar-refractivity contribution in [1.82, 2.24) is 4.98 Å². The number of carboxylic acid groups (broad SMARTS) is 1. The van der Waals surface area contributed by atoms with Gasteiger partial charge in [-0.15, -0.1) is 0 Å². The van der Waals surface area contributed by atoms with E-state index in [2.05, 4.69) is 4.98 Å². The lowest BCUT2D eigenvalue weighted by Crippen LogP contribution is -2.15. The molecule has 1 unspecified atom stereocenters. The van der Waals surface area contributed by atoms with Crippen molar-refractivity contribution in [3.63, 3.8) is 0 Å². The van der Waals surface area contributed by atoms with Crippen LogP contribution in [0.5, 0.6) is 5.75 Å². The number of benzene rings is 2. The van der Waals surface area contributed by atoms with Gasteiger partial charge in [0.05, 0.1) is 0 Å². The molecule has 4 N–H and O–H groups in total. The number of phenols is 1. The largest absolute Gasteiger partial charge is 0.506 e. The number of para-hydroxylation sites is 1. The van der Waals surface area contributed by atoms with Gasteiger partial charge in [-0.1, -0.05) is 42.5 Å². The number of ketones is 1. The zero-order valence-corrected chi connectivity index (χ0v) is 13.9. The summed E-state index contributed by atoms with van der Waals surface area (Å²) in [5, 5.41) is 19.8. The summed E-state index contributed by atoms with van der Waals surface area (Å²) in [4.78, 5) is 27.6. The van der Waals surface area contributed by atoms with Crippen LogP contribution in [0.3, 0.4) is 0 Å². The molecule has 26 heavy (non-hydrogen) atoms. The van der Waals surface area contributed by atoms with Crippen LogP contribution in [0.2, 0.25) is 0 Å². The van der Waals surface area contributed by atoms with Crippen molar-refractivity contribution < 1.29 is 19.8 Å². The van der Waals surface area contributed by atoms with Crippen LogP contribution in [0.15, 0.2) is 54.6 Å². The number of rotatable bonds is 6. The first-order valence-corrected chi connectivity index (χ1v) is 8.17. The minimum Gasteiger partial charge on any atom is -0.506 e. The summed E-state index contributed by atoms with van der Waals surface area (Å²) >= 11 is 0. The minimum atomic E-state index is -1.20. The molecule has 0 amide bonds. The second kappa shape index (κ2) is 7.33. The number of hydrogen-bond acceptors (Lipinski definition) is 5. The Labute approximate surface area is 149 Å². The Bertz CT molecular complexity index is 970. The molecule has 0 aliphatic heterocycles. The standard InChI is InChI=1S/C20H18N2O4/c21-15(9-10-17(23)12-5-2-1-3-6-12)14-11-16(20(25)26)22-19-13(14)7-4-8-18(19)24/h1-8,11,15,24H,9-10,21H2,(H,25,26). The Morgan fingerprint density at radius 3 is 2.50 bits per heavy atom. The van der Waals surface area contributed by atoms with E-state index in [-0.39, 0.29) is 29.2 Å². The van der Waals surface area contributed by atoms with Crippen LogP contribution >= 0.6 is 0 Å². The van der Waals surface area contributed by atoms with Crippen LogP contribution in [0.4, 0.5) is 0 Å². The molecule has 6 heteroatoms. The molecule has 0 fully saturated rings. The average Bonchev–Trinajstić information content (AvgIpc) is 2.66. The summed E-state index contributed by atoms with van der Waals surface area (Å²) in [7, 11) is 0. The SMILES string of the molecule is NC(CCC(=O)c1ccccc1)c1cc(C(=O)O)nc2c(O)cccc12. The maximum atomic E-state index is 12.3. The Hall–Kier alpha value is -3.25. The van der Waals surface area contributed by atoms with E-state index in [1.54, 1.807) is 36.4 Å². The first-order chi connectivity index (χ1) is 12.5. The van der Waals surface area contributed by atoms with Gasteiger partial charge in [-0.3, -0.25) is 4.79 Å². The van der Waals surface area contributed by atoms with E-state index >= 15 is 0 Å². The molecule has 0 radical (unpaired) electrons. The number of carbonyl (C=O) groups is 2. The molecule has 0 spiro atoms. The highest BCUT2D eigenvalue weighted by atomic mass is 16.4. The molecule has 1 heterocycles. The van der Waals surface area contributed by atoms with Gasteiger partial charge in [0.1, 0.15) is 17.0 Å². The molecule has 0 saturated heterocycles. The molecule has 3 rings (SSSR count). The maximum absolute atomic E-state index is 12.3. The molecule has 2 aromatic carbocycles. The average molecular weight is 350 g/mol. The molecular weight excluding hydrogens is 332 g/mol. The van der Waals surface area contributed by atoms with Crippen molar-refractivity contribution in [3.05, 3.63) is 71.4 Å². The zero-order chi connectivity index (χ0) is 18.7. The predicted octanol–water partition coefficient (Wildman–Crippen LogP) is 3.30. The summed E-state index contributed by atoms with van der Waals surface area (Å²) in [5.74, 6) is -1.34. The fourth-order valence-electron chi connectivity index (χ4n) is 2.89. The van der Waals surface area contributed by atoms with Gasteiger partial charge in [-0.25, -0.2) is 9.78 Å². The summed E-state index contributed by atoms with van der Waals surface area (Å²) in [6.45, 7) is 0. The van der Waals surface area contributed by atoms with Crippen LogP contribution in [0.25, 0.3) is 10.9 Å². The van der Waals surface area contributed by atoms with E-state index < -0.39 is 12.0 Å². The number of pyridine rings is 1. The lowest BCUT2D eigenvalue weighted by molar-refractivity contribution is 0.0690. The third-order valence-corrected chi connectivity index (χ3v) is 4.25. The highest BCUT2D eigenvalue weighted by Gasteiger charge is 2.18. The molecule has 0 saturated carbocycles. The normalized spacial score (nSPS) is 12.0. The molecule has 3 aromatic rings. The van der Waals surface area contributed by atoms with E-state index in [4.69, 9.17) is 5.73 Å². The number of aromatic carboxylic acids is 1. The van der Waals surface area contributed by atoms with E-state index in [0.29, 0.717) is 22.9 Å². The lowest BCUT2D eigenvalue weighted by atomic mass is 9.95. The molecule has 132 valence electrons. The van der Waals surface area contributed by atoms with Crippen LogP contribution in [-0.2, 0) is 0 Å². The van der Waals surface area contributed by atoms with Gasteiger partial charge in [-0.2, -0.15) is 0 Å². The summed E-state index contributed by atoms with van der Waals surface area (Å²) in [6.07, 6.45) is 0.581.